The minimum atomic E-state index is -0.176. The van der Waals surface area contributed by atoms with Gasteiger partial charge < -0.3 is 10.1 Å². The van der Waals surface area contributed by atoms with Crippen LogP contribution in [0.25, 0.3) is 10.2 Å². The summed E-state index contributed by atoms with van der Waals surface area (Å²) >= 11 is 4.27. The lowest BCUT2D eigenvalue weighted by atomic mass is 10.2. The minimum Gasteiger partial charge on any atom is -0.383 e. The largest absolute Gasteiger partial charge is 0.383 e. The fourth-order valence-corrected chi connectivity index (χ4v) is 5.87. The van der Waals surface area contributed by atoms with Crippen LogP contribution in [0.4, 0.5) is 5.13 Å². The number of nitrogens with zero attached hydrogens (tertiary/aromatic N) is 3. The molecule has 1 aliphatic rings. The van der Waals surface area contributed by atoms with Crippen LogP contribution >= 0.6 is 34.9 Å². The molecule has 2 aromatic heterocycles. The molecule has 0 radical (unpaired) electrons. The van der Waals surface area contributed by atoms with Crippen LogP contribution in [0.2, 0.25) is 0 Å². The predicted molar refractivity (Wildman–Crippen MR) is 118 cm³/mol. The van der Waals surface area contributed by atoms with Gasteiger partial charge in [0.15, 0.2) is 10.3 Å². The summed E-state index contributed by atoms with van der Waals surface area (Å²) in [4.78, 5) is 35.2. The monoisotopic (exact) mass is 448 g/mol. The molecule has 1 aromatic carbocycles. The van der Waals surface area contributed by atoms with E-state index in [9.17, 15) is 9.59 Å². The molecule has 0 aliphatic carbocycles. The van der Waals surface area contributed by atoms with Crippen LogP contribution in [0, 0.1) is 0 Å². The summed E-state index contributed by atoms with van der Waals surface area (Å²) in [5.41, 5.74) is 1.64. The van der Waals surface area contributed by atoms with Gasteiger partial charge in [-0.1, -0.05) is 42.2 Å². The molecule has 1 N–H and O–H groups in total. The number of benzene rings is 1. The Morgan fingerprint density at radius 1 is 1.38 bits per heavy atom. The highest BCUT2D eigenvalue weighted by Gasteiger charge is 2.26. The first-order chi connectivity index (χ1) is 14.0. The first-order valence-corrected chi connectivity index (χ1v) is 11.8. The highest BCUT2D eigenvalue weighted by Crippen LogP contribution is 2.34. The molecule has 1 aliphatic heterocycles. The molecule has 4 rings (SSSR count). The fourth-order valence-electron chi connectivity index (χ4n) is 3.03. The SMILES string of the molecule is COCCn1c(SCC(=O)Nc2nc3ccccc3s2)nc2c(c1=O)S[C@@H](C)C2. The number of fused-ring (bicyclic) bond motifs is 2. The minimum absolute atomic E-state index is 0.0459. The average molecular weight is 449 g/mol. The first kappa shape index (κ1) is 20.4. The molecule has 1 amide bonds. The zero-order chi connectivity index (χ0) is 20.4. The van der Waals surface area contributed by atoms with Crippen LogP contribution in [0.5, 0.6) is 0 Å². The number of ether oxygens (including phenoxy) is 1. The Bertz CT molecular complexity index is 1080. The van der Waals surface area contributed by atoms with E-state index < -0.39 is 0 Å². The quantitative estimate of drug-likeness (QED) is 0.438. The average Bonchev–Trinajstić information content (AvgIpc) is 3.28. The summed E-state index contributed by atoms with van der Waals surface area (Å²) in [6.07, 6.45) is 0.770. The Kier molecular flexibility index (Phi) is 6.23. The summed E-state index contributed by atoms with van der Waals surface area (Å²) in [6, 6.07) is 7.75. The Morgan fingerprint density at radius 3 is 3.00 bits per heavy atom. The highest BCUT2D eigenvalue weighted by atomic mass is 32.2. The van der Waals surface area contributed by atoms with E-state index in [0.717, 1.165) is 27.2 Å². The van der Waals surface area contributed by atoms with E-state index in [2.05, 4.69) is 22.2 Å². The summed E-state index contributed by atoms with van der Waals surface area (Å²) in [6.45, 7) is 2.90. The van der Waals surface area contributed by atoms with Crippen molar-refractivity contribution in [2.75, 3.05) is 24.8 Å². The zero-order valence-corrected chi connectivity index (χ0v) is 18.5. The van der Waals surface area contributed by atoms with Gasteiger partial charge in [0.2, 0.25) is 5.91 Å². The number of methoxy groups -OCH3 is 1. The van der Waals surface area contributed by atoms with Crippen LogP contribution in [-0.4, -0.2) is 45.2 Å². The van der Waals surface area contributed by atoms with E-state index in [1.807, 2.05) is 24.3 Å². The van der Waals surface area contributed by atoms with E-state index in [0.29, 0.717) is 28.7 Å². The number of carbonyl (C=O) groups is 1. The van der Waals surface area contributed by atoms with Crippen LogP contribution in [0.3, 0.4) is 0 Å². The van der Waals surface area contributed by atoms with Gasteiger partial charge in [0.05, 0.1) is 39.7 Å². The molecule has 0 saturated carbocycles. The third kappa shape index (κ3) is 4.50. The van der Waals surface area contributed by atoms with E-state index in [4.69, 9.17) is 4.74 Å². The summed E-state index contributed by atoms with van der Waals surface area (Å²) in [7, 11) is 1.60. The molecule has 0 spiro atoms. The molecule has 152 valence electrons. The molecule has 0 saturated heterocycles. The number of thioether (sulfide) groups is 2. The molecular weight excluding hydrogens is 428 g/mol. The van der Waals surface area contributed by atoms with Gasteiger partial charge in [-0.25, -0.2) is 9.97 Å². The Labute approximate surface area is 180 Å². The van der Waals surface area contributed by atoms with Crippen molar-refractivity contribution in [2.24, 2.45) is 0 Å². The summed E-state index contributed by atoms with van der Waals surface area (Å²) in [5.74, 6) is -0.0264. The number of aromatic nitrogens is 3. The Balaban J connectivity index is 1.49. The van der Waals surface area contributed by atoms with E-state index in [1.165, 1.54) is 23.1 Å². The van der Waals surface area contributed by atoms with Gasteiger partial charge in [0.1, 0.15) is 0 Å². The third-order valence-electron chi connectivity index (χ3n) is 4.35. The number of hydrogen-bond acceptors (Lipinski definition) is 8. The lowest BCUT2D eigenvalue weighted by molar-refractivity contribution is -0.113. The number of thiazole rings is 1. The predicted octanol–water partition coefficient (Wildman–Crippen LogP) is 3.27. The fraction of sp³-hybridized carbons (Fsp3) is 0.368. The van der Waals surface area contributed by atoms with Crippen molar-refractivity contribution >= 4 is 56.1 Å². The lowest BCUT2D eigenvalue weighted by Crippen LogP contribution is -2.27. The normalized spacial score (nSPS) is 15.6. The number of carbonyl (C=O) groups excluding carboxylic acids is 1. The second-order valence-electron chi connectivity index (χ2n) is 6.58. The van der Waals surface area contributed by atoms with E-state index in [-0.39, 0.29) is 17.2 Å². The highest BCUT2D eigenvalue weighted by molar-refractivity contribution is 8.00. The third-order valence-corrected chi connectivity index (χ3v) is 7.50. The molecule has 0 unspecified atom stereocenters. The molecule has 1 atom stereocenters. The van der Waals surface area contributed by atoms with Gasteiger partial charge in [-0.3, -0.25) is 14.2 Å². The van der Waals surface area contributed by atoms with Crippen molar-refractivity contribution in [3.8, 4) is 0 Å². The maximum absolute atomic E-state index is 12.9. The van der Waals surface area contributed by atoms with Crippen molar-refractivity contribution in [2.45, 2.75) is 35.2 Å². The number of nitrogens with one attached hydrogen (secondary N) is 1. The van der Waals surface area contributed by atoms with Gasteiger partial charge in [-0.05, 0) is 12.1 Å². The lowest BCUT2D eigenvalue weighted by Gasteiger charge is -2.13. The number of hydrogen-bond donors (Lipinski definition) is 1. The van der Waals surface area contributed by atoms with Crippen molar-refractivity contribution in [1.82, 2.24) is 14.5 Å². The van der Waals surface area contributed by atoms with Gasteiger partial charge >= 0.3 is 0 Å². The Morgan fingerprint density at radius 2 is 2.21 bits per heavy atom. The van der Waals surface area contributed by atoms with Crippen LogP contribution in [-0.2, 0) is 22.5 Å². The van der Waals surface area contributed by atoms with Gasteiger partial charge in [-0.15, -0.1) is 11.8 Å². The molecule has 3 heterocycles. The van der Waals surface area contributed by atoms with Crippen LogP contribution in [0.1, 0.15) is 12.6 Å². The standard InChI is InChI=1S/C19H20N4O3S3/c1-11-9-13-16(28-11)17(25)23(7-8-26-2)19(21-13)27-10-15(24)22-18-20-12-5-3-4-6-14(12)29-18/h3-6,11H,7-10H2,1-2H3,(H,20,22,24)/t11-/m0/s1. The second-order valence-corrected chi connectivity index (χ2v) is 10.00. The first-order valence-electron chi connectivity index (χ1n) is 9.12. The van der Waals surface area contributed by atoms with Crippen molar-refractivity contribution in [3.05, 3.63) is 40.3 Å². The van der Waals surface area contributed by atoms with Crippen molar-refractivity contribution in [3.63, 3.8) is 0 Å². The second kappa shape index (κ2) is 8.86. The zero-order valence-electron chi connectivity index (χ0n) is 16.0. The number of rotatable bonds is 7. The molecule has 29 heavy (non-hydrogen) atoms. The number of amides is 1. The number of para-hydroxylation sites is 1. The summed E-state index contributed by atoms with van der Waals surface area (Å²) in [5, 5.41) is 4.30. The smallest absolute Gasteiger partial charge is 0.268 e. The van der Waals surface area contributed by atoms with Crippen molar-refractivity contribution in [1.29, 1.82) is 0 Å². The number of anilines is 1. The van der Waals surface area contributed by atoms with Gasteiger partial charge in [0.25, 0.3) is 5.56 Å². The van der Waals surface area contributed by atoms with E-state index >= 15 is 0 Å². The van der Waals surface area contributed by atoms with Gasteiger partial charge in [-0.2, -0.15) is 0 Å². The molecule has 0 bridgehead atoms. The topological polar surface area (TPSA) is 86.1 Å². The maximum Gasteiger partial charge on any atom is 0.268 e. The maximum atomic E-state index is 12.9. The molecule has 7 nitrogen and oxygen atoms in total. The molecule has 10 heteroatoms. The molecule has 3 aromatic rings. The molecule has 0 fully saturated rings. The van der Waals surface area contributed by atoms with Crippen molar-refractivity contribution < 1.29 is 9.53 Å². The summed E-state index contributed by atoms with van der Waals surface area (Å²) < 4.78 is 7.78. The molecular formula is C19H20N4O3S3. The van der Waals surface area contributed by atoms with E-state index in [1.54, 1.807) is 23.4 Å². The Hall–Kier alpha value is -1.88. The van der Waals surface area contributed by atoms with Crippen LogP contribution < -0.4 is 10.9 Å². The van der Waals surface area contributed by atoms with Gasteiger partial charge in [0, 0.05) is 18.8 Å². The van der Waals surface area contributed by atoms with Crippen LogP contribution in [0.15, 0.2) is 39.1 Å².